The third-order valence-electron chi connectivity index (χ3n) is 2.94. The first-order valence-corrected chi connectivity index (χ1v) is 7.20. The molecule has 5 nitrogen and oxygen atoms in total. The van der Waals surface area contributed by atoms with Crippen molar-refractivity contribution in [2.45, 2.75) is 6.04 Å². The Kier molecular flexibility index (Phi) is 5.05. The lowest BCUT2D eigenvalue weighted by molar-refractivity contribution is -0.117. The lowest BCUT2D eigenvalue weighted by Crippen LogP contribution is -2.37. The molecule has 0 aliphatic carbocycles. The predicted molar refractivity (Wildman–Crippen MR) is 83.7 cm³/mol. The van der Waals surface area contributed by atoms with E-state index in [2.05, 4.69) is 15.7 Å². The summed E-state index contributed by atoms with van der Waals surface area (Å²) in [5, 5.41) is 10.2. The summed E-state index contributed by atoms with van der Waals surface area (Å²) < 4.78 is 1.78. The largest absolute Gasteiger partial charge is 0.325 e. The van der Waals surface area contributed by atoms with Gasteiger partial charge in [-0.3, -0.25) is 10.1 Å². The maximum Gasteiger partial charge on any atom is 0.242 e. The monoisotopic (exact) mass is 310 g/mol. The predicted octanol–water partition coefficient (Wildman–Crippen LogP) is 1.90. The van der Waals surface area contributed by atoms with Gasteiger partial charge in [-0.25, -0.2) is 4.68 Å². The zero-order valence-electron chi connectivity index (χ0n) is 10.7. The second-order valence-corrected chi connectivity index (χ2v) is 5.29. The van der Waals surface area contributed by atoms with Gasteiger partial charge in [0.1, 0.15) is 0 Å². The van der Waals surface area contributed by atoms with Crippen LogP contribution in [0.5, 0.6) is 0 Å². The minimum Gasteiger partial charge on any atom is -0.325 e. The van der Waals surface area contributed by atoms with Gasteiger partial charge in [0, 0.05) is 29.7 Å². The fourth-order valence-electron chi connectivity index (χ4n) is 1.91. The van der Waals surface area contributed by atoms with Crippen molar-refractivity contribution < 1.29 is 4.79 Å². The van der Waals surface area contributed by atoms with Crippen molar-refractivity contribution >= 4 is 35.8 Å². The molecular formula is C13H15ClN4OS. The molecule has 0 unspecified atom stereocenters. The summed E-state index contributed by atoms with van der Waals surface area (Å²) in [6.07, 6.45) is 3.62. The summed E-state index contributed by atoms with van der Waals surface area (Å²) in [6, 6.07) is 9.42. The molecule has 0 saturated carbocycles. The Bertz CT molecular complexity index is 552. The second-order valence-electron chi connectivity index (χ2n) is 4.26. The number of nitrogens with zero attached hydrogens (tertiary/aromatic N) is 2. The highest BCUT2D eigenvalue weighted by Gasteiger charge is 2.22. The highest BCUT2D eigenvalue weighted by Crippen LogP contribution is 2.15. The molecular weight excluding hydrogens is 296 g/mol. The van der Waals surface area contributed by atoms with Crippen molar-refractivity contribution in [3.8, 4) is 5.69 Å². The van der Waals surface area contributed by atoms with Gasteiger partial charge >= 0.3 is 0 Å². The van der Waals surface area contributed by atoms with Gasteiger partial charge < -0.3 is 5.32 Å². The number of amides is 1. The minimum atomic E-state index is -0.0872. The summed E-state index contributed by atoms with van der Waals surface area (Å²) in [5.41, 5.74) is 1.78. The molecule has 0 radical (unpaired) electrons. The first-order chi connectivity index (χ1) is 9.33. The number of aromatic nitrogens is 2. The molecule has 2 aromatic rings. The van der Waals surface area contributed by atoms with Gasteiger partial charge in [-0.15, -0.1) is 24.2 Å². The van der Waals surface area contributed by atoms with Crippen molar-refractivity contribution in [2.75, 3.05) is 16.9 Å². The number of thioether (sulfide) groups is 1. The Morgan fingerprint density at radius 2 is 2.20 bits per heavy atom. The fraction of sp³-hybridized carbons (Fsp3) is 0.231. The minimum absolute atomic E-state index is 0. The molecule has 20 heavy (non-hydrogen) atoms. The zero-order chi connectivity index (χ0) is 13.1. The van der Waals surface area contributed by atoms with Crippen molar-refractivity contribution in [3.63, 3.8) is 0 Å². The Morgan fingerprint density at radius 1 is 1.40 bits per heavy atom. The number of hydrogen-bond acceptors (Lipinski definition) is 4. The van der Waals surface area contributed by atoms with E-state index < -0.39 is 0 Å². The average molecular weight is 311 g/mol. The van der Waals surface area contributed by atoms with Crippen molar-refractivity contribution in [2.24, 2.45) is 0 Å². The van der Waals surface area contributed by atoms with Crippen LogP contribution in [0.1, 0.15) is 0 Å². The van der Waals surface area contributed by atoms with Crippen molar-refractivity contribution in [3.05, 3.63) is 42.7 Å². The number of carbonyl (C=O) groups excluding carboxylic acids is 1. The molecule has 1 saturated heterocycles. The van der Waals surface area contributed by atoms with E-state index in [0.717, 1.165) is 23.0 Å². The molecule has 2 heterocycles. The molecule has 1 fully saturated rings. The summed E-state index contributed by atoms with van der Waals surface area (Å²) in [5.74, 6) is 1.70. The van der Waals surface area contributed by atoms with E-state index in [1.165, 1.54) is 0 Å². The van der Waals surface area contributed by atoms with Crippen LogP contribution in [0.25, 0.3) is 5.69 Å². The Balaban J connectivity index is 0.00000147. The smallest absolute Gasteiger partial charge is 0.242 e. The van der Waals surface area contributed by atoms with E-state index in [9.17, 15) is 4.79 Å². The summed E-state index contributed by atoms with van der Waals surface area (Å²) in [6.45, 7) is 0. The zero-order valence-corrected chi connectivity index (χ0v) is 12.3. The first-order valence-electron chi connectivity index (χ1n) is 6.05. The second kappa shape index (κ2) is 6.78. The number of rotatable bonds is 3. The van der Waals surface area contributed by atoms with Crippen LogP contribution in [0.3, 0.4) is 0 Å². The molecule has 106 valence electrons. The van der Waals surface area contributed by atoms with Crippen LogP contribution >= 0.6 is 24.2 Å². The lowest BCUT2D eigenvalue weighted by atomic mass is 10.2. The fourth-order valence-corrected chi connectivity index (χ4v) is 2.85. The maximum absolute atomic E-state index is 11.9. The van der Waals surface area contributed by atoms with Crippen molar-refractivity contribution in [1.29, 1.82) is 0 Å². The van der Waals surface area contributed by atoms with Crippen LogP contribution in [-0.2, 0) is 4.79 Å². The van der Waals surface area contributed by atoms with Crippen LogP contribution in [0.4, 0.5) is 5.69 Å². The third-order valence-corrected chi connectivity index (χ3v) is 3.88. The molecule has 1 atom stereocenters. The third kappa shape index (κ3) is 3.33. The van der Waals surface area contributed by atoms with E-state index in [-0.39, 0.29) is 24.4 Å². The Morgan fingerprint density at radius 3 is 2.80 bits per heavy atom. The molecule has 0 spiro atoms. The number of hydrogen-bond donors (Lipinski definition) is 2. The van der Waals surface area contributed by atoms with Gasteiger partial charge in [-0.05, 0) is 30.3 Å². The van der Waals surface area contributed by atoms with Crippen LogP contribution in [0, 0.1) is 0 Å². The standard InChI is InChI=1S/C13H14N4OS.ClH/c18-13(12-8-19-9-14-12)16-10-2-4-11(5-3-10)17-7-1-6-15-17;/h1-7,12,14H,8-9H2,(H,16,18);1H/t12-;/m1./s1. The number of carbonyl (C=O) groups is 1. The maximum atomic E-state index is 11.9. The van der Waals surface area contributed by atoms with E-state index >= 15 is 0 Å². The van der Waals surface area contributed by atoms with E-state index in [1.807, 2.05) is 36.5 Å². The lowest BCUT2D eigenvalue weighted by Gasteiger charge is -2.11. The summed E-state index contributed by atoms with van der Waals surface area (Å²) in [4.78, 5) is 11.9. The SMILES string of the molecule is Cl.O=C(Nc1ccc(-n2cccn2)cc1)[C@H]1CSCN1. The van der Waals surface area contributed by atoms with Gasteiger partial charge in [0.25, 0.3) is 0 Å². The number of anilines is 1. The summed E-state index contributed by atoms with van der Waals surface area (Å²) >= 11 is 1.74. The average Bonchev–Trinajstić information content (AvgIpc) is 3.13. The van der Waals surface area contributed by atoms with Crippen LogP contribution < -0.4 is 10.6 Å². The summed E-state index contributed by atoms with van der Waals surface area (Å²) in [7, 11) is 0. The molecule has 1 aliphatic heterocycles. The van der Waals surface area contributed by atoms with E-state index in [1.54, 1.807) is 22.6 Å². The Labute approximate surface area is 127 Å². The van der Waals surface area contributed by atoms with E-state index in [0.29, 0.717) is 0 Å². The number of benzene rings is 1. The molecule has 1 amide bonds. The highest BCUT2D eigenvalue weighted by atomic mass is 35.5. The van der Waals surface area contributed by atoms with Crippen molar-refractivity contribution in [1.82, 2.24) is 15.1 Å². The molecule has 0 bridgehead atoms. The first kappa shape index (κ1) is 14.9. The van der Waals surface area contributed by atoms with E-state index in [4.69, 9.17) is 0 Å². The van der Waals surface area contributed by atoms with Gasteiger partial charge in [0.15, 0.2) is 0 Å². The number of halogens is 1. The Hall–Kier alpha value is -1.50. The van der Waals surface area contributed by atoms with Crippen LogP contribution in [0.15, 0.2) is 42.7 Å². The quantitative estimate of drug-likeness (QED) is 0.909. The van der Waals surface area contributed by atoms with Gasteiger partial charge in [-0.2, -0.15) is 5.10 Å². The molecule has 1 aliphatic rings. The molecule has 3 rings (SSSR count). The van der Waals surface area contributed by atoms with Gasteiger partial charge in [0.2, 0.25) is 5.91 Å². The topological polar surface area (TPSA) is 59.0 Å². The molecule has 7 heteroatoms. The van der Waals surface area contributed by atoms with Crippen LogP contribution in [-0.4, -0.2) is 33.4 Å². The van der Waals surface area contributed by atoms with Crippen LogP contribution in [0.2, 0.25) is 0 Å². The molecule has 2 N–H and O–H groups in total. The normalized spacial score (nSPS) is 17.5. The molecule has 1 aromatic heterocycles. The number of nitrogens with one attached hydrogen (secondary N) is 2. The van der Waals surface area contributed by atoms with Gasteiger partial charge in [-0.1, -0.05) is 0 Å². The highest BCUT2D eigenvalue weighted by molar-refractivity contribution is 7.99. The molecule has 1 aromatic carbocycles. The van der Waals surface area contributed by atoms with Gasteiger partial charge in [0.05, 0.1) is 11.7 Å².